The lowest BCUT2D eigenvalue weighted by molar-refractivity contribution is -0.139. The first-order chi connectivity index (χ1) is 8.52. The number of nitrogens with one attached hydrogen (secondary N) is 1. The summed E-state index contributed by atoms with van der Waals surface area (Å²) in [6.07, 6.45) is 0.359. The molecule has 0 spiro atoms. The summed E-state index contributed by atoms with van der Waals surface area (Å²) in [5.74, 6) is -0.737. The monoisotopic (exact) mass is 335 g/mol. The maximum absolute atomic E-state index is 13.1. The first-order valence-corrected chi connectivity index (χ1v) is 6.93. The molecule has 0 aliphatic heterocycles. The summed E-state index contributed by atoms with van der Waals surface area (Å²) in [5, 5.41) is 11.0. The van der Waals surface area contributed by atoms with Crippen LogP contribution in [0, 0.1) is 5.82 Å². The quantitative estimate of drug-likeness (QED) is 0.748. The molecule has 0 saturated carbocycles. The summed E-state index contributed by atoms with van der Waals surface area (Å²) < 4.78 is 13.7. The van der Waals surface area contributed by atoms with Gasteiger partial charge >= 0.3 is 5.97 Å². The number of halogens is 2. The predicted octanol–water partition coefficient (Wildman–Crippen LogP) is 2.02. The molecule has 1 aromatic carbocycles. The standard InChI is InChI=1S/C11H11BrFNO3S/c12-8-1-7(2-9(13)3-8)4-18-5-10(11(16)17)14-6-15/h1-3,6,10H,4-5H2,(H,14,15)(H,16,17). The second kappa shape index (κ2) is 7.38. The van der Waals surface area contributed by atoms with Crippen LogP contribution in [0.1, 0.15) is 5.56 Å². The fraction of sp³-hybridized carbons (Fsp3) is 0.273. The van der Waals surface area contributed by atoms with Crippen molar-refractivity contribution >= 4 is 40.1 Å². The third-order valence-electron chi connectivity index (χ3n) is 2.04. The van der Waals surface area contributed by atoms with Gasteiger partial charge in [-0.2, -0.15) is 11.8 Å². The Morgan fingerprint density at radius 3 is 2.83 bits per heavy atom. The van der Waals surface area contributed by atoms with Crippen molar-refractivity contribution in [1.29, 1.82) is 0 Å². The minimum absolute atomic E-state index is 0.224. The maximum Gasteiger partial charge on any atom is 0.327 e. The SMILES string of the molecule is O=CNC(CSCc1cc(F)cc(Br)c1)C(=O)O. The Kier molecular flexibility index (Phi) is 6.14. The van der Waals surface area contributed by atoms with E-state index in [2.05, 4.69) is 21.2 Å². The lowest BCUT2D eigenvalue weighted by Crippen LogP contribution is -2.37. The first-order valence-electron chi connectivity index (χ1n) is 4.98. The Balaban J connectivity index is 2.49. The number of benzene rings is 1. The van der Waals surface area contributed by atoms with Gasteiger partial charge in [-0.05, 0) is 23.8 Å². The van der Waals surface area contributed by atoms with Gasteiger partial charge in [0.2, 0.25) is 6.41 Å². The van der Waals surface area contributed by atoms with Gasteiger partial charge in [0.1, 0.15) is 11.9 Å². The van der Waals surface area contributed by atoms with Crippen molar-refractivity contribution in [2.75, 3.05) is 5.75 Å². The van der Waals surface area contributed by atoms with Crippen LogP contribution in [0.4, 0.5) is 4.39 Å². The molecule has 0 heterocycles. The number of hydrogen-bond donors (Lipinski definition) is 2. The van der Waals surface area contributed by atoms with Crippen molar-refractivity contribution in [3.63, 3.8) is 0 Å². The second-order valence-electron chi connectivity index (χ2n) is 3.47. The van der Waals surface area contributed by atoms with Crippen LogP contribution in [-0.2, 0) is 15.3 Å². The van der Waals surface area contributed by atoms with E-state index in [1.165, 1.54) is 23.9 Å². The minimum Gasteiger partial charge on any atom is -0.480 e. The highest BCUT2D eigenvalue weighted by molar-refractivity contribution is 9.10. The molecule has 0 aromatic heterocycles. The van der Waals surface area contributed by atoms with E-state index in [4.69, 9.17) is 5.11 Å². The summed E-state index contributed by atoms with van der Waals surface area (Å²) in [6, 6.07) is 3.58. The Labute approximate surface area is 116 Å². The first kappa shape index (κ1) is 15.0. The van der Waals surface area contributed by atoms with Crippen LogP contribution in [0.2, 0.25) is 0 Å². The summed E-state index contributed by atoms with van der Waals surface area (Å²) in [6.45, 7) is 0. The van der Waals surface area contributed by atoms with Crippen molar-refractivity contribution in [1.82, 2.24) is 5.32 Å². The number of amides is 1. The van der Waals surface area contributed by atoms with Gasteiger partial charge in [0.15, 0.2) is 0 Å². The van der Waals surface area contributed by atoms with Crippen molar-refractivity contribution in [3.05, 3.63) is 34.1 Å². The Bertz CT molecular complexity index is 424. The van der Waals surface area contributed by atoms with Crippen LogP contribution in [0.25, 0.3) is 0 Å². The molecular formula is C11H11BrFNO3S. The average Bonchev–Trinajstić information content (AvgIpc) is 2.26. The van der Waals surface area contributed by atoms with Crippen LogP contribution in [0.3, 0.4) is 0 Å². The summed E-state index contributed by atoms with van der Waals surface area (Å²) in [5.41, 5.74) is 0.752. The van der Waals surface area contributed by atoms with Gasteiger partial charge < -0.3 is 10.4 Å². The van der Waals surface area contributed by atoms with Crippen molar-refractivity contribution < 1.29 is 19.1 Å². The minimum atomic E-state index is -1.09. The molecule has 4 nitrogen and oxygen atoms in total. The summed E-state index contributed by atoms with van der Waals surface area (Å²) in [7, 11) is 0. The van der Waals surface area contributed by atoms with E-state index in [0.29, 0.717) is 16.6 Å². The molecular weight excluding hydrogens is 325 g/mol. The largest absolute Gasteiger partial charge is 0.480 e. The van der Waals surface area contributed by atoms with Crippen molar-refractivity contribution in [2.24, 2.45) is 0 Å². The van der Waals surface area contributed by atoms with Gasteiger partial charge in [-0.15, -0.1) is 0 Å². The smallest absolute Gasteiger partial charge is 0.327 e. The predicted molar refractivity (Wildman–Crippen MR) is 70.9 cm³/mol. The van der Waals surface area contributed by atoms with E-state index in [1.807, 2.05) is 0 Å². The van der Waals surface area contributed by atoms with E-state index in [-0.39, 0.29) is 11.6 Å². The molecule has 0 aliphatic carbocycles. The fourth-order valence-corrected chi connectivity index (χ4v) is 2.77. The van der Waals surface area contributed by atoms with E-state index in [1.54, 1.807) is 6.07 Å². The highest BCUT2D eigenvalue weighted by atomic mass is 79.9. The lowest BCUT2D eigenvalue weighted by atomic mass is 10.2. The fourth-order valence-electron chi connectivity index (χ4n) is 1.26. The molecule has 1 unspecified atom stereocenters. The Hall–Kier alpha value is -1.08. The highest BCUT2D eigenvalue weighted by Crippen LogP contribution is 2.19. The molecule has 1 amide bonds. The molecule has 0 aliphatic rings. The molecule has 1 rings (SSSR count). The van der Waals surface area contributed by atoms with Crippen LogP contribution >= 0.6 is 27.7 Å². The van der Waals surface area contributed by atoms with Crippen LogP contribution < -0.4 is 5.32 Å². The third-order valence-corrected chi connectivity index (χ3v) is 3.61. The molecule has 2 N–H and O–H groups in total. The molecule has 0 fully saturated rings. The van der Waals surface area contributed by atoms with Gasteiger partial charge in [-0.25, -0.2) is 9.18 Å². The van der Waals surface area contributed by atoms with E-state index in [9.17, 15) is 14.0 Å². The van der Waals surface area contributed by atoms with Crippen molar-refractivity contribution in [3.8, 4) is 0 Å². The van der Waals surface area contributed by atoms with Gasteiger partial charge in [-0.3, -0.25) is 4.79 Å². The van der Waals surface area contributed by atoms with Gasteiger partial charge in [-0.1, -0.05) is 15.9 Å². The molecule has 0 bridgehead atoms. The molecule has 0 radical (unpaired) electrons. The highest BCUT2D eigenvalue weighted by Gasteiger charge is 2.15. The normalized spacial score (nSPS) is 11.9. The summed E-state index contributed by atoms with van der Waals surface area (Å²) in [4.78, 5) is 20.9. The van der Waals surface area contributed by atoms with Crippen LogP contribution in [0.15, 0.2) is 22.7 Å². The number of carboxylic acids is 1. The Morgan fingerprint density at radius 2 is 2.28 bits per heavy atom. The number of hydrogen-bond acceptors (Lipinski definition) is 3. The Morgan fingerprint density at radius 1 is 1.56 bits per heavy atom. The third kappa shape index (κ3) is 5.05. The molecule has 0 saturated heterocycles. The molecule has 18 heavy (non-hydrogen) atoms. The molecule has 98 valence electrons. The zero-order chi connectivity index (χ0) is 13.5. The number of carboxylic acid groups (broad SMARTS) is 1. The number of aliphatic carboxylic acids is 1. The molecule has 1 aromatic rings. The molecule has 1 atom stereocenters. The lowest BCUT2D eigenvalue weighted by Gasteiger charge is -2.10. The van der Waals surface area contributed by atoms with E-state index >= 15 is 0 Å². The zero-order valence-electron chi connectivity index (χ0n) is 9.23. The van der Waals surface area contributed by atoms with Gasteiger partial charge in [0.05, 0.1) is 0 Å². The molecule has 7 heteroatoms. The number of carbonyl (C=O) groups excluding carboxylic acids is 1. The van der Waals surface area contributed by atoms with E-state index in [0.717, 1.165) is 5.56 Å². The second-order valence-corrected chi connectivity index (χ2v) is 5.41. The zero-order valence-corrected chi connectivity index (χ0v) is 11.6. The van der Waals surface area contributed by atoms with Crippen LogP contribution in [0.5, 0.6) is 0 Å². The number of rotatable bonds is 7. The maximum atomic E-state index is 13.1. The summed E-state index contributed by atoms with van der Waals surface area (Å²) >= 11 is 4.49. The van der Waals surface area contributed by atoms with Gasteiger partial charge in [0, 0.05) is 16.0 Å². The number of carbonyl (C=O) groups is 2. The average molecular weight is 336 g/mol. The topological polar surface area (TPSA) is 66.4 Å². The number of thioether (sulfide) groups is 1. The van der Waals surface area contributed by atoms with E-state index < -0.39 is 12.0 Å². The van der Waals surface area contributed by atoms with Gasteiger partial charge in [0.25, 0.3) is 0 Å². The van der Waals surface area contributed by atoms with Crippen molar-refractivity contribution in [2.45, 2.75) is 11.8 Å². The van der Waals surface area contributed by atoms with Crippen LogP contribution in [-0.4, -0.2) is 29.3 Å².